The van der Waals surface area contributed by atoms with Crippen molar-refractivity contribution in [3.8, 4) is 0 Å². The molecule has 150 valence electrons. The average molecular weight is 406 g/mol. The minimum Gasteiger partial charge on any atom is -0.503 e. The van der Waals surface area contributed by atoms with Gasteiger partial charge in [0.05, 0.1) is 22.1 Å². The molecule has 0 bridgehead atoms. The molecule has 2 aromatic carbocycles. The van der Waals surface area contributed by atoms with Gasteiger partial charge in [0, 0.05) is 17.8 Å². The van der Waals surface area contributed by atoms with Crippen molar-refractivity contribution in [2.75, 3.05) is 4.90 Å². The summed E-state index contributed by atoms with van der Waals surface area (Å²) >= 11 is 0. The van der Waals surface area contributed by atoms with Crippen LogP contribution in [0.4, 0.5) is 24.5 Å². The monoisotopic (exact) mass is 406 g/mol. The average Bonchev–Trinajstić information content (AvgIpc) is 2.92. The molecule has 10 heteroatoms. The van der Waals surface area contributed by atoms with Crippen LogP contribution in [0, 0.1) is 10.1 Å². The summed E-state index contributed by atoms with van der Waals surface area (Å²) in [7, 11) is 0. The first kappa shape index (κ1) is 20.1. The molecule has 1 aliphatic rings. The summed E-state index contributed by atoms with van der Waals surface area (Å²) in [5.41, 5.74) is -1.53. The lowest BCUT2D eigenvalue weighted by molar-refractivity contribution is -0.384. The van der Waals surface area contributed by atoms with Crippen molar-refractivity contribution in [2.45, 2.75) is 19.1 Å². The number of aliphatic hydroxyl groups is 1. The largest absolute Gasteiger partial charge is 0.503 e. The Labute approximate surface area is 161 Å². The van der Waals surface area contributed by atoms with Crippen molar-refractivity contribution < 1.29 is 32.8 Å². The molecule has 7 nitrogen and oxygen atoms in total. The minimum absolute atomic E-state index is 0.184. The second kappa shape index (κ2) is 7.04. The Bertz CT molecular complexity index is 1040. The van der Waals surface area contributed by atoms with E-state index in [0.717, 1.165) is 42.2 Å². The van der Waals surface area contributed by atoms with Crippen LogP contribution in [0.25, 0.3) is 0 Å². The number of benzene rings is 2. The van der Waals surface area contributed by atoms with Crippen molar-refractivity contribution in [3.63, 3.8) is 0 Å². The fourth-order valence-electron chi connectivity index (χ4n) is 3.16. The summed E-state index contributed by atoms with van der Waals surface area (Å²) < 4.78 is 39.3. The van der Waals surface area contributed by atoms with Crippen LogP contribution in [0.15, 0.2) is 59.9 Å². The van der Waals surface area contributed by atoms with Gasteiger partial charge in [-0.05, 0) is 42.8 Å². The number of nitro benzene ring substituents is 1. The van der Waals surface area contributed by atoms with E-state index in [9.17, 15) is 38.0 Å². The van der Waals surface area contributed by atoms with Crippen molar-refractivity contribution in [2.24, 2.45) is 0 Å². The molecule has 0 radical (unpaired) electrons. The molecule has 0 spiro atoms. The molecule has 0 aromatic heterocycles. The first-order chi connectivity index (χ1) is 13.5. The molecule has 1 N–H and O–H groups in total. The Hall–Kier alpha value is -3.69. The molecule has 0 fully saturated rings. The number of hydrogen-bond donors (Lipinski definition) is 1. The number of ketones is 1. The molecule has 0 unspecified atom stereocenters. The lowest BCUT2D eigenvalue weighted by Crippen LogP contribution is -2.31. The van der Waals surface area contributed by atoms with Crippen LogP contribution in [0.2, 0.25) is 0 Å². The second-order valence-electron chi connectivity index (χ2n) is 6.29. The van der Waals surface area contributed by atoms with Crippen LogP contribution in [0.5, 0.6) is 0 Å². The molecule has 29 heavy (non-hydrogen) atoms. The van der Waals surface area contributed by atoms with E-state index in [2.05, 4.69) is 0 Å². The van der Waals surface area contributed by atoms with Crippen LogP contribution < -0.4 is 4.90 Å². The molecule has 1 aliphatic heterocycles. The van der Waals surface area contributed by atoms with E-state index in [-0.39, 0.29) is 22.5 Å². The SMILES string of the molecule is CC(=O)C1=C(O)C(=O)N(c2cccc(C(F)(F)F)c2)[C@H]1c1ccc([N+](=O)[O-])cc1. The molecule has 1 amide bonds. The topological polar surface area (TPSA) is 101 Å². The van der Waals surface area contributed by atoms with Gasteiger partial charge in [0.2, 0.25) is 0 Å². The van der Waals surface area contributed by atoms with Gasteiger partial charge in [0.1, 0.15) is 0 Å². The number of nitro groups is 1. The van der Waals surface area contributed by atoms with Gasteiger partial charge < -0.3 is 5.11 Å². The van der Waals surface area contributed by atoms with Crippen molar-refractivity contribution >= 4 is 23.1 Å². The van der Waals surface area contributed by atoms with E-state index in [1.165, 1.54) is 18.2 Å². The van der Waals surface area contributed by atoms with Gasteiger partial charge in [0.15, 0.2) is 11.5 Å². The molecule has 0 aliphatic carbocycles. The Kier molecular flexibility index (Phi) is 4.87. The predicted molar refractivity (Wildman–Crippen MR) is 95.1 cm³/mol. The third kappa shape index (κ3) is 3.56. The van der Waals surface area contributed by atoms with Gasteiger partial charge in [-0.15, -0.1) is 0 Å². The predicted octanol–water partition coefficient (Wildman–Crippen LogP) is 4.10. The normalized spacial score (nSPS) is 17.0. The van der Waals surface area contributed by atoms with Crippen molar-refractivity contribution in [3.05, 3.63) is 81.1 Å². The molecule has 0 saturated heterocycles. The van der Waals surface area contributed by atoms with E-state index >= 15 is 0 Å². The van der Waals surface area contributed by atoms with E-state index in [1.807, 2.05) is 0 Å². The fourth-order valence-corrected chi connectivity index (χ4v) is 3.16. The van der Waals surface area contributed by atoms with E-state index < -0.39 is 40.2 Å². The molecular formula is C19H13F3N2O5. The summed E-state index contributed by atoms with van der Waals surface area (Å²) in [4.78, 5) is 35.8. The van der Waals surface area contributed by atoms with Gasteiger partial charge in [-0.25, -0.2) is 0 Å². The number of carbonyl (C=O) groups excluding carboxylic acids is 2. The number of non-ortho nitro benzene ring substituents is 1. The molecule has 1 atom stereocenters. The zero-order chi connectivity index (χ0) is 21.5. The van der Waals surface area contributed by atoms with Crippen LogP contribution in [-0.2, 0) is 15.8 Å². The Morgan fingerprint density at radius 3 is 2.31 bits per heavy atom. The summed E-state index contributed by atoms with van der Waals surface area (Å²) in [5, 5.41) is 21.1. The van der Waals surface area contributed by atoms with Crippen LogP contribution in [0.3, 0.4) is 0 Å². The van der Waals surface area contributed by atoms with Crippen LogP contribution in [0.1, 0.15) is 24.1 Å². The zero-order valence-corrected chi connectivity index (χ0v) is 14.8. The quantitative estimate of drug-likeness (QED) is 0.609. The summed E-state index contributed by atoms with van der Waals surface area (Å²) in [5.74, 6) is -2.58. The number of amides is 1. The highest BCUT2D eigenvalue weighted by Crippen LogP contribution is 2.42. The third-order valence-electron chi connectivity index (χ3n) is 4.46. The number of hydrogen-bond acceptors (Lipinski definition) is 5. The van der Waals surface area contributed by atoms with Gasteiger partial charge >= 0.3 is 6.18 Å². The van der Waals surface area contributed by atoms with E-state index in [1.54, 1.807) is 0 Å². The first-order valence-corrected chi connectivity index (χ1v) is 8.21. The Balaban J connectivity index is 2.16. The van der Waals surface area contributed by atoms with Crippen molar-refractivity contribution in [1.29, 1.82) is 0 Å². The lowest BCUT2D eigenvalue weighted by atomic mass is 9.96. The lowest BCUT2D eigenvalue weighted by Gasteiger charge is -2.27. The number of anilines is 1. The summed E-state index contributed by atoms with van der Waals surface area (Å²) in [6, 6.07) is 7.48. The summed E-state index contributed by atoms with van der Waals surface area (Å²) in [6.07, 6.45) is -4.67. The third-order valence-corrected chi connectivity index (χ3v) is 4.46. The number of aliphatic hydroxyl groups excluding tert-OH is 1. The summed E-state index contributed by atoms with van der Waals surface area (Å²) in [6.45, 7) is 1.10. The molecule has 0 saturated carbocycles. The van der Waals surface area contributed by atoms with Gasteiger partial charge in [-0.1, -0.05) is 6.07 Å². The number of rotatable bonds is 4. The smallest absolute Gasteiger partial charge is 0.416 e. The van der Waals surface area contributed by atoms with E-state index in [4.69, 9.17) is 0 Å². The number of Topliss-reactive ketones (excluding diaryl/α,β-unsaturated/α-hetero) is 1. The van der Waals surface area contributed by atoms with Gasteiger partial charge in [0.25, 0.3) is 11.6 Å². The highest BCUT2D eigenvalue weighted by molar-refractivity contribution is 6.16. The minimum atomic E-state index is -4.67. The van der Waals surface area contributed by atoms with Crippen molar-refractivity contribution in [1.82, 2.24) is 0 Å². The second-order valence-corrected chi connectivity index (χ2v) is 6.29. The fraction of sp³-hybridized carbons (Fsp3) is 0.158. The molecule has 3 rings (SSSR count). The zero-order valence-electron chi connectivity index (χ0n) is 14.8. The van der Waals surface area contributed by atoms with Crippen LogP contribution >= 0.6 is 0 Å². The number of carbonyl (C=O) groups is 2. The number of halogens is 3. The van der Waals surface area contributed by atoms with Crippen LogP contribution in [-0.4, -0.2) is 21.7 Å². The Morgan fingerprint density at radius 1 is 1.17 bits per heavy atom. The highest BCUT2D eigenvalue weighted by atomic mass is 19.4. The molecule has 2 aromatic rings. The molecular weight excluding hydrogens is 393 g/mol. The maximum Gasteiger partial charge on any atom is 0.416 e. The number of nitrogens with zero attached hydrogens (tertiary/aromatic N) is 2. The maximum absolute atomic E-state index is 13.1. The number of alkyl halides is 3. The first-order valence-electron chi connectivity index (χ1n) is 8.21. The van der Waals surface area contributed by atoms with E-state index in [0.29, 0.717) is 0 Å². The maximum atomic E-state index is 13.1. The Morgan fingerprint density at radius 2 is 1.79 bits per heavy atom. The standard InChI is InChI=1S/C19H13F3N2O5/c1-10(25)15-16(11-5-7-13(8-6-11)24(28)29)23(18(27)17(15)26)14-4-2-3-12(9-14)19(20,21)22/h2-9,16,26H,1H3/t16-/m0/s1. The molecule has 1 heterocycles. The van der Waals surface area contributed by atoms with Gasteiger partial charge in [-0.3, -0.25) is 24.6 Å². The highest BCUT2D eigenvalue weighted by Gasteiger charge is 2.44. The van der Waals surface area contributed by atoms with Gasteiger partial charge in [-0.2, -0.15) is 13.2 Å².